The Morgan fingerprint density at radius 1 is 1.26 bits per heavy atom. The summed E-state index contributed by atoms with van der Waals surface area (Å²) in [4.78, 5) is 5.51. The smallest absolute Gasteiger partial charge is 0.0589 e. The maximum absolute atomic E-state index is 5.06. The minimum absolute atomic E-state index is 0.791. The number of benzene rings is 1. The molecule has 19 heavy (non-hydrogen) atoms. The second-order valence-electron chi connectivity index (χ2n) is 4.83. The molecule has 0 aliphatic carbocycles. The van der Waals surface area contributed by atoms with E-state index in [0.717, 1.165) is 32.8 Å². The molecule has 0 atom stereocenters. The lowest BCUT2D eigenvalue weighted by molar-refractivity contribution is 0.161. The molecule has 2 N–H and O–H groups in total. The van der Waals surface area contributed by atoms with Crippen LogP contribution in [0.1, 0.15) is 5.56 Å². The fourth-order valence-electron chi connectivity index (χ4n) is 2.16. The van der Waals surface area contributed by atoms with E-state index in [1.807, 2.05) is 6.20 Å². The quantitative estimate of drug-likeness (QED) is 0.712. The van der Waals surface area contributed by atoms with Crippen molar-refractivity contribution in [2.24, 2.45) is 0 Å². The van der Waals surface area contributed by atoms with Crippen LogP contribution in [0.5, 0.6) is 0 Å². The number of hydrogen-bond acceptors (Lipinski definition) is 3. The van der Waals surface area contributed by atoms with E-state index in [2.05, 4.69) is 46.5 Å². The van der Waals surface area contributed by atoms with Crippen molar-refractivity contribution >= 4 is 10.9 Å². The molecule has 0 saturated carbocycles. The number of methoxy groups -OCH3 is 1. The molecule has 0 saturated heterocycles. The Hall–Kier alpha value is -1.36. The zero-order chi connectivity index (χ0) is 13.5. The van der Waals surface area contributed by atoms with Crippen LogP contribution in [-0.4, -0.2) is 50.3 Å². The Morgan fingerprint density at radius 2 is 2.16 bits per heavy atom. The molecule has 2 aromatic rings. The van der Waals surface area contributed by atoms with Gasteiger partial charge in [0.2, 0.25) is 0 Å². The summed E-state index contributed by atoms with van der Waals surface area (Å²) in [5.74, 6) is 0. The third kappa shape index (κ3) is 4.06. The Kier molecular flexibility index (Phi) is 5.39. The van der Waals surface area contributed by atoms with E-state index in [4.69, 9.17) is 4.74 Å². The maximum Gasteiger partial charge on any atom is 0.0589 e. The van der Waals surface area contributed by atoms with Crippen molar-refractivity contribution in [1.82, 2.24) is 15.2 Å². The van der Waals surface area contributed by atoms with Crippen LogP contribution in [0, 0.1) is 0 Å². The van der Waals surface area contributed by atoms with Crippen molar-refractivity contribution in [1.29, 1.82) is 0 Å². The van der Waals surface area contributed by atoms with Crippen LogP contribution < -0.4 is 5.32 Å². The van der Waals surface area contributed by atoms with Crippen LogP contribution in [0.25, 0.3) is 10.9 Å². The van der Waals surface area contributed by atoms with Gasteiger partial charge in [0.1, 0.15) is 0 Å². The molecule has 1 aromatic heterocycles. The standard InChI is InChI=1S/C15H23N3O/c1-18(10-11-19-2)9-8-16-12-13-4-3-5-15-14(13)6-7-17-15/h3-7,16-17H,8-12H2,1-2H3. The van der Waals surface area contributed by atoms with Gasteiger partial charge in [-0.25, -0.2) is 0 Å². The molecule has 1 heterocycles. The summed E-state index contributed by atoms with van der Waals surface area (Å²) < 4.78 is 5.06. The molecular formula is C15H23N3O. The van der Waals surface area contributed by atoms with Crippen LogP contribution in [-0.2, 0) is 11.3 Å². The van der Waals surface area contributed by atoms with Crippen molar-refractivity contribution in [2.75, 3.05) is 40.4 Å². The zero-order valence-corrected chi connectivity index (χ0v) is 11.8. The number of likely N-dealkylation sites (N-methyl/N-ethyl adjacent to an activating group) is 1. The molecule has 4 heteroatoms. The number of nitrogens with one attached hydrogen (secondary N) is 2. The summed E-state index contributed by atoms with van der Waals surface area (Å²) in [5.41, 5.74) is 2.55. The first kappa shape index (κ1) is 14.1. The summed E-state index contributed by atoms with van der Waals surface area (Å²) >= 11 is 0. The van der Waals surface area contributed by atoms with Crippen molar-refractivity contribution in [2.45, 2.75) is 6.54 Å². The van der Waals surface area contributed by atoms with E-state index < -0.39 is 0 Å². The Balaban J connectivity index is 1.75. The lowest BCUT2D eigenvalue weighted by Crippen LogP contribution is -2.31. The molecular weight excluding hydrogens is 238 g/mol. The van der Waals surface area contributed by atoms with Gasteiger partial charge in [0, 0.05) is 50.4 Å². The first-order chi connectivity index (χ1) is 9.31. The lowest BCUT2D eigenvalue weighted by Gasteiger charge is -2.16. The van der Waals surface area contributed by atoms with Crippen molar-refractivity contribution in [3.05, 3.63) is 36.0 Å². The second-order valence-corrected chi connectivity index (χ2v) is 4.83. The van der Waals surface area contributed by atoms with Gasteiger partial charge in [-0.1, -0.05) is 12.1 Å². The number of nitrogens with zero attached hydrogens (tertiary/aromatic N) is 1. The van der Waals surface area contributed by atoms with E-state index in [0.29, 0.717) is 0 Å². The van der Waals surface area contributed by atoms with E-state index in [1.165, 1.54) is 16.5 Å². The number of aromatic nitrogens is 1. The maximum atomic E-state index is 5.06. The first-order valence-electron chi connectivity index (χ1n) is 6.74. The summed E-state index contributed by atoms with van der Waals surface area (Å²) in [6.45, 7) is 4.70. The highest BCUT2D eigenvalue weighted by Gasteiger charge is 2.01. The SMILES string of the molecule is COCCN(C)CCNCc1cccc2[nH]ccc12. The lowest BCUT2D eigenvalue weighted by atomic mass is 10.1. The van der Waals surface area contributed by atoms with Gasteiger partial charge in [-0.3, -0.25) is 0 Å². The van der Waals surface area contributed by atoms with E-state index in [1.54, 1.807) is 7.11 Å². The van der Waals surface area contributed by atoms with Crippen LogP contribution in [0.15, 0.2) is 30.5 Å². The highest BCUT2D eigenvalue weighted by Crippen LogP contribution is 2.16. The van der Waals surface area contributed by atoms with Gasteiger partial charge in [0.25, 0.3) is 0 Å². The molecule has 0 fully saturated rings. The fourth-order valence-corrected chi connectivity index (χ4v) is 2.16. The van der Waals surface area contributed by atoms with E-state index in [-0.39, 0.29) is 0 Å². The minimum Gasteiger partial charge on any atom is -0.383 e. The molecule has 0 spiro atoms. The van der Waals surface area contributed by atoms with Gasteiger partial charge in [0.15, 0.2) is 0 Å². The average Bonchev–Trinajstić information content (AvgIpc) is 2.90. The average molecular weight is 261 g/mol. The summed E-state index contributed by atoms with van der Waals surface area (Å²) in [6.07, 6.45) is 1.99. The molecule has 104 valence electrons. The molecule has 1 aromatic carbocycles. The predicted molar refractivity (Wildman–Crippen MR) is 79.4 cm³/mol. The first-order valence-corrected chi connectivity index (χ1v) is 6.74. The highest BCUT2D eigenvalue weighted by atomic mass is 16.5. The predicted octanol–water partition coefficient (Wildman–Crippen LogP) is 1.84. The topological polar surface area (TPSA) is 40.3 Å². The Bertz CT molecular complexity index is 495. The van der Waals surface area contributed by atoms with Gasteiger partial charge in [-0.2, -0.15) is 0 Å². The number of rotatable bonds is 8. The molecule has 0 unspecified atom stereocenters. The van der Waals surface area contributed by atoms with Crippen molar-refractivity contribution in [3.8, 4) is 0 Å². The van der Waals surface area contributed by atoms with Crippen molar-refractivity contribution < 1.29 is 4.74 Å². The van der Waals surface area contributed by atoms with E-state index in [9.17, 15) is 0 Å². The molecule has 0 aliphatic rings. The van der Waals surface area contributed by atoms with Gasteiger partial charge in [0.05, 0.1) is 6.61 Å². The summed E-state index contributed by atoms with van der Waals surface area (Å²) in [7, 11) is 3.86. The fraction of sp³-hybridized carbons (Fsp3) is 0.467. The van der Waals surface area contributed by atoms with Crippen LogP contribution in [0.2, 0.25) is 0 Å². The Labute approximate surface area is 114 Å². The zero-order valence-electron chi connectivity index (χ0n) is 11.8. The van der Waals surface area contributed by atoms with Gasteiger partial charge in [-0.05, 0) is 24.7 Å². The summed E-state index contributed by atoms with van der Waals surface area (Å²) in [6, 6.07) is 8.52. The largest absolute Gasteiger partial charge is 0.383 e. The third-order valence-electron chi connectivity index (χ3n) is 3.35. The van der Waals surface area contributed by atoms with Crippen LogP contribution in [0.4, 0.5) is 0 Å². The molecule has 0 bridgehead atoms. The monoisotopic (exact) mass is 261 g/mol. The molecule has 0 amide bonds. The minimum atomic E-state index is 0.791. The van der Waals surface area contributed by atoms with Crippen molar-refractivity contribution in [3.63, 3.8) is 0 Å². The Morgan fingerprint density at radius 3 is 3.00 bits per heavy atom. The number of hydrogen-bond donors (Lipinski definition) is 2. The number of fused-ring (bicyclic) bond motifs is 1. The normalized spacial score (nSPS) is 11.5. The van der Waals surface area contributed by atoms with E-state index >= 15 is 0 Å². The molecule has 0 radical (unpaired) electrons. The third-order valence-corrected chi connectivity index (χ3v) is 3.35. The highest BCUT2D eigenvalue weighted by molar-refractivity contribution is 5.82. The van der Waals surface area contributed by atoms with Crippen LogP contribution >= 0.6 is 0 Å². The number of H-pyrrole nitrogens is 1. The molecule has 4 nitrogen and oxygen atoms in total. The van der Waals surface area contributed by atoms with Gasteiger partial charge < -0.3 is 19.9 Å². The summed E-state index contributed by atoms with van der Waals surface area (Å²) in [5, 5.41) is 4.80. The molecule has 2 rings (SSSR count). The number of ether oxygens (including phenoxy) is 1. The molecule has 0 aliphatic heterocycles. The van der Waals surface area contributed by atoms with Crippen LogP contribution in [0.3, 0.4) is 0 Å². The second kappa shape index (κ2) is 7.28. The van der Waals surface area contributed by atoms with Gasteiger partial charge in [-0.15, -0.1) is 0 Å². The number of aromatic amines is 1. The van der Waals surface area contributed by atoms with Gasteiger partial charge >= 0.3 is 0 Å².